The summed E-state index contributed by atoms with van der Waals surface area (Å²) < 4.78 is 10.8. The standard InChI is InChI=1S/C15H20O3/c1-11(8-9-17-2)18-13-7-6-12-4-3-5-15(16)14(12)10-13/h6-7,10-11H,3-5,8-9H2,1-2H3. The Bertz CT molecular complexity index is 426. The van der Waals surface area contributed by atoms with Crippen LogP contribution in [0.2, 0.25) is 0 Å². The number of fused-ring (bicyclic) bond motifs is 1. The Kier molecular flexibility index (Phi) is 4.37. The Morgan fingerprint density at radius 3 is 2.94 bits per heavy atom. The maximum absolute atomic E-state index is 11.8. The lowest BCUT2D eigenvalue weighted by Crippen LogP contribution is -2.15. The highest BCUT2D eigenvalue weighted by Gasteiger charge is 2.18. The molecule has 0 radical (unpaired) electrons. The number of ether oxygens (including phenoxy) is 2. The molecular weight excluding hydrogens is 228 g/mol. The van der Waals surface area contributed by atoms with Gasteiger partial charge in [-0.1, -0.05) is 6.07 Å². The maximum atomic E-state index is 11.8. The molecule has 3 heteroatoms. The first-order valence-corrected chi connectivity index (χ1v) is 6.52. The number of Topliss-reactive ketones (excluding diaryl/α,β-unsaturated/α-hetero) is 1. The molecule has 0 N–H and O–H groups in total. The SMILES string of the molecule is COCCC(C)Oc1ccc2c(c1)C(=O)CCC2. The minimum absolute atomic E-state index is 0.0988. The third-order valence-electron chi connectivity index (χ3n) is 3.30. The van der Waals surface area contributed by atoms with Crippen molar-refractivity contribution in [1.82, 2.24) is 0 Å². The van der Waals surface area contributed by atoms with Crippen LogP contribution in [0.3, 0.4) is 0 Å². The van der Waals surface area contributed by atoms with Crippen molar-refractivity contribution < 1.29 is 14.3 Å². The molecule has 0 aromatic heterocycles. The number of hydrogen-bond donors (Lipinski definition) is 0. The molecule has 0 bridgehead atoms. The number of carbonyl (C=O) groups is 1. The van der Waals surface area contributed by atoms with Gasteiger partial charge in [0.15, 0.2) is 5.78 Å². The first-order chi connectivity index (χ1) is 8.70. The van der Waals surface area contributed by atoms with Crippen LogP contribution in [0.25, 0.3) is 0 Å². The predicted molar refractivity (Wildman–Crippen MR) is 70.3 cm³/mol. The van der Waals surface area contributed by atoms with Gasteiger partial charge < -0.3 is 9.47 Å². The Labute approximate surface area is 108 Å². The first-order valence-electron chi connectivity index (χ1n) is 6.52. The average Bonchev–Trinajstić information content (AvgIpc) is 2.37. The molecule has 0 heterocycles. The van der Waals surface area contributed by atoms with Crippen LogP contribution in [0.4, 0.5) is 0 Å². The molecule has 0 aliphatic heterocycles. The van der Waals surface area contributed by atoms with E-state index in [4.69, 9.17) is 9.47 Å². The third kappa shape index (κ3) is 3.10. The molecule has 1 aromatic carbocycles. The second-order valence-corrected chi connectivity index (χ2v) is 4.81. The molecule has 1 aliphatic rings. The second kappa shape index (κ2) is 6.01. The molecule has 0 saturated heterocycles. The molecule has 1 atom stereocenters. The lowest BCUT2D eigenvalue weighted by atomic mass is 9.90. The fraction of sp³-hybridized carbons (Fsp3) is 0.533. The van der Waals surface area contributed by atoms with Crippen LogP contribution in [0.5, 0.6) is 5.75 Å². The smallest absolute Gasteiger partial charge is 0.163 e. The summed E-state index contributed by atoms with van der Waals surface area (Å²) in [7, 11) is 1.68. The topological polar surface area (TPSA) is 35.5 Å². The monoisotopic (exact) mass is 248 g/mol. The second-order valence-electron chi connectivity index (χ2n) is 4.81. The third-order valence-corrected chi connectivity index (χ3v) is 3.30. The van der Waals surface area contributed by atoms with Gasteiger partial charge in [-0.3, -0.25) is 4.79 Å². The molecule has 18 heavy (non-hydrogen) atoms. The Balaban J connectivity index is 2.06. The van der Waals surface area contributed by atoms with Crippen molar-refractivity contribution in [2.75, 3.05) is 13.7 Å². The van der Waals surface area contributed by atoms with E-state index in [1.165, 1.54) is 0 Å². The van der Waals surface area contributed by atoms with E-state index in [0.29, 0.717) is 13.0 Å². The van der Waals surface area contributed by atoms with Crippen molar-refractivity contribution in [2.45, 2.75) is 38.7 Å². The van der Waals surface area contributed by atoms with Gasteiger partial charge in [0.25, 0.3) is 0 Å². The highest BCUT2D eigenvalue weighted by atomic mass is 16.5. The molecule has 1 aromatic rings. The van der Waals surface area contributed by atoms with Crippen LogP contribution < -0.4 is 4.74 Å². The zero-order chi connectivity index (χ0) is 13.0. The highest BCUT2D eigenvalue weighted by molar-refractivity contribution is 5.98. The van der Waals surface area contributed by atoms with E-state index in [-0.39, 0.29) is 11.9 Å². The van der Waals surface area contributed by atoms with Gasteiger partial charge >= 0.3 is 0 Å². The fourth-order valence-electron chi connectivity index (χ4n) is 2.26. The summed E-state index contributed by atoms with van der Waals surface area (Å²) in [6.45, 7) is 2.70. The predicted octanol–water partition coefficient (Wildman–Crippen LogP) is 3.01. The normalized spacial score (nSPS) is 16.2. The van der Waals surface area contributed by atoms with Crippen molar-refractivity contribution >= 4 is 5.78 Å². The Morgan fingerprint density at radius 1 is 1.33 bits per heavy atom. The van der Waals surface area contributed by atoms with E-state index in [0.717, 1.165) is 36.1 Å². The summed E-state index contributed by atoms with van der Waals surface area (Å²) in [5.74, 6) is 1.03. The van der Waals surface area contributed by atoms with Crippen LogP contribution in [0, 0.1) is 0 Å². The van der Waals surface area contributed by atoms with Crippen LogP contribution in [0.15, 0.2) is 18.2 Å². The molecule has 0 amide bonds. The number of ketones is 1. The largest absolute Gasteiger partial charge is 0.491 e. The lowest BCUT2D eigenvalue weighted by Gasteiger charge is -2.18. The van der Waals surface area contributed by atoms with Crippen molar-refractivity contribution in [2.24, 2.45) is 0 Å². The number of methoxy groups -OCH3 is 1. The van der Waals surface area contributed by atoms with Gasteiger partial charge in [0.05, 0.1) is 6.10 Å². The van der Waals surface area contributed by atoms with Gasteiger partial charge in [-0.15, -0.1) is 0 Å². The van der Waals surface area contributed by atoms with Gasteiger partial charge in [-0.2, -0.15) is 0 Å². The minimum Gasteiger partial charge on any atom is -0.491 e. The van der Waals surface area contributed by atoms with Gasteiger partial charge in [0.1, 0.15) is 5.75 Å². The number of carbonyl (C=O) groups excluding carboxylic acids is 1. The zero-order valence-electron chi connectivity index (χ0n) is 11.1. The van der Waals surface area contributed by atoms with E-state index in [9.17, 15) is 4.79 Å². The van der Waals surface area contributed by atoms with Crippen LogP contribution in [0.1, 0.15) is 42.1 Å². The molecule has 0 saturated carbocycles. The molecule has 0 fully saturated rings. The molecule has 2 rings (SSSR count). The lowest BCUT2D eigenvalue weighted by molar-refractivity contribution is 0.0970. The van der Waals surface area contributed by atoms with E-state index < -0.39 is 0 Å². The van der Waals surface area contributed by atoms with Gasteiger partial charge in [0.2, 0.25) is 0 Å². The average molecular weight is 248 g/mol. The van der Waals surface area contributed by atoms with Crippen LogP contribution in [-0.2, 0) is 11.2 Å². The van der Waals surface area contributed by atoms with Crippen molar-refractivity contribution in [3.63, 3.8) is 0 Å². The first kappa shape index (κ1) is 13.1. The van der Waals surface area contributed by atoms with E-state index in [1.807, 2.05) is 25.1 Å². The number of hydrogen-bond acceptors (Lipinski definition) is 3. The molecule has 3 nitrogen and oxygen atoms in total. The van der Waals surface area contributed by atoms with E-state index in [2.05, 4.69) is 0 Å². The van der Waals surface area contributed by atoms with E-state index in [1.54, 1.807) is 7.11 Å². The number of rotatable bonds is 5. The molecule has 0 spiro atoms. The summed E-state index contributed by atoms with van der Waals surface area (Å²) in [6.07, 6.45) is 3.58. The van der Waals surface area contributed by atoms with Crippen LogP contribution >= 0.6 is 0 Å². The van der Waals surface area contributed by atoms with Gasteiger partial charge in [0, 0.05) is 32.1 Å². The summed E-state index contributed by atoms with van der Waals surface area (Å²) >= 11 is 0. The zero-order valence-corrected chi connectivity index (χ0v) is 11.1. The fourth-order valence-corrected chi connectivity index (χ4v) is 2.26. The van der Waals surface area contributed by atoms with Gasteiger partial charge in [-0.05, 0) is 37.5 Å². The minimum atomic E-state index is 0.0988. The quantitative estimate of drug-likeness (QED) is 0.803. The molecule has 1 aliphatic carbocycles. The number of aryl methyl sites for hydroxylation is 1. The summed E-state index contributed by atoms with van der Waals surface area (Å²) in [4.78, 5) is 11.8. The summed E-state index contributed by atoms with van der Waals surface area (Å²) in [5.41, 5.74) is 2.00. The Morgan fingerprint density at radius 2 is 2.17 bits per heavy atom. The molecule has 98 valence electrons. The van der Waals surface area contributed by atoms with E-state index >= 15 is 0 Å². The van der Waals surface area contributed by atoms with Crippen LogP contribution in [-0.4, -0.2) is 25.6 Å². The van der Waals surface area contributed by atoms with Crippen molar-refractivity contribution in [3.05, 3.63) is 29.3 Å². The maximum Gasteiger partial charge on any atom is 0.163 e. The van der Waals surface area contributed by atoms with Gasteiger partial charge in [-0.25, -0.2) is 0 Å². The summed E-state index contributed by atoms with van der Waals surface area (Å²) in [6, 6.07) is 5.87. The summed E-state index contributed by atoms with van der Waals surface area (Å²) in [5, 5.41) is 0. The molecular formula is C15H20O3. The number of benzene rings is 1. The molecule has 1 unspecified atom stereocenters. The van der Waals surface area contributed by atoms with Crippen molar-refractivity contribution in [1.29, 1.82) is 0 Å². The Hall–Kier alpha value is -1.35. The van der Waals surface area contributed by atoms with Crippen molar-refractivity contribution in [3.8, 4) is 5.75 Å². The highest BCUT2D eigenvalue weighted by Crippen LogP contribution is 2.26.